The third-order valence-electron chi connectivity index (χ3n) is 4.09. The van der Waals surface area contributed by atoms with Crippen molar-refractivity contribution in [3.05, 3.63) is 42.5 Å². The highest BCUT2D eigenvalue weighted by Gasteiger charge is 2.23. The summed E-state index contributed by atoms with van der Waals surface area (Å²) in [4.78, 5) is 0. The van der Waals surface area contributed by atoms with Gasteiger partial charge in [0.2, 0.25) is 0 Å². The average Bonchev–Trinajstić information content (AvgIpc) is 2.43. The maximum absolute atomic E-state index is 5.71. The lowest BCUT2D eigenvalue weighted by atomic mass is 9.80. The van der Waals surface area contributed by atoms with Crippen molar-refractivity contribution in [3.63, 3.8) is 0 Å². The van der Waals surface area contributed by atoms with Gasteiger partial charge in [-0.2, -0.15) is 0 Å². The van der Waals surface area contributed by atoms with Gasteiger partial charge in [0.15, 0.2) is 0 Å². The monoisotopic (exact) mass is 273 g/mol. The summed E-state index contributed by atoms with van der Waals surface area (Å²) in [6.07, 6.45) is 5.74. The van der Waals surface area contributed by atoms with Gasteiger partial charge in [-0.15, -0.1) is 0 Å². The summed E-state index contributed by atoms with van der Waals surface area (Å²) in [5, 5.41) is 3.71. The molecule has 0 aromatic heterocycles. The van der Waals surface area contributed by atoms with E-state index in [-0.39, 0.29) is 0 Å². The maximum atomic E-state index is 5.71. The molecule has 0 amide bonds. The van der Waals surface area contributed by atoms with Gasteiger partial charge in [-0.1, -0.05) is 44.7 Å². The van der Waals surface area contributed by atoms with Crippen LogP contribution in [-0.4, -0.2) is 12.6 Å². The van der Waals surface area contributed by atoms with E-state index in [1.165, 1.54) is 24.8 Å². The molecule has 0 aliphatic heterocycles. The first kappa shape index (κ1) is 15.1. The van der Waals surface area contributed by atoms with Gasteiger partial charge in [-0.25, -0.2) is 0 Å². The van der Waals surface area contributed by atoms with Crippen molar-refractivity contribution in [2.75, 3.05) is 6.61 Å². The first-order chi connectivity index (χ1) is 9.69. The lowest BCUT2D eigenvalue weighted by Crippen LogP contribution is -2.35. The Kier molecular flexibility index (Phi) is 5.66. The summed E-state index contributed by atoms with van der Waals surface area (Å²) >= 11 is 0. The highest BCUT2D eigenvalue weighted by atomic mass is 16.5. The lowest BCUT2D eigenvalue weighted by Gasteiger charge is -2.32. The minimum Gasteiger partial charge on any atom is -0.489 e. The van der Waals surface area contributed by atoms with E-state index in [1.54, 1.807) is 6.08 Å². The summed E-state index contributed by atoms with van der Waals surface area (Å²) < 4.78 is 5.71. The predicted octanol–water partition coefficient (Wildman–Crippen LogP) is 4.17. The van der Waals surface area contributed by atoms with Crippen LogP contribution in [0.4, 0.5) is 0 Å². The van der Waals surface area contributed by atoms with Crippen LogP contribution in [0.25, 0.3) is 0 Å². The fourth-order valence-corrected chi connectivity index (χ4v) is 3.31. The molecule has 2 rings (SSSR count). The standard InChI is InChI=1S/C18H27NO/c1-4-9-20-18-8-6-5-7-16(18)13-19-17-11-14(2)10-15(3)12-17/h4-8,14-15,17,19H,1,9-13H2,2-3H3. The first-order valence-corrected chi connectivity index (χ1v) is 7.74. The molecule has 0 radical (unpaired) electrons. The number of para-hydroxylation sites is 1. The molecule has 1 aromatic carbocycles. The molecule has 0 bridgehead atoms. The number of nitrogens with one attached hydrogen (secondary N) is 1. The molecule has 1 saturated carbocycles. The van der Waals surface area contributed by atoms with Crippen LogP contribution in [0.1, 0.15) is 38.7 Å². The summed E-state index contributed by atoms with van der Waals surface area (Å²) in [5.41, 5.74) is 1.24. The minimum atomic E-state index is 0.564. The Balaban J connectivity index is 1.91. The van der Waals surface area contributed by atoms with E-state index in [0.717, 1.165) is 24.1 Å². The molecule has 0 saturated heterocycles. The molecule has 0 heterocycles. The lowest BCUT2D eigenvalue weighted by molar-refractivity contribution is 0.237. The van der Waals surface area contributed by atoms with E-state index in [1.807, 2.05) is 12.1 Å². The molecule has 2 heteroatoms. The van der Waals surface area contributed by atoms with Crippen LogP contribution < -0.4 is 10.1 Å². The van der Waals surface area contributed by atoms with E-state index >= 15 is 0 Å². The molecule has 1 aliphatic carbocycles. The Bertz CT molecular complexity index is 419. The Morgan fingerprint density at radius 1 is 1.20 bits per heavy atom. The fraction of sp³-hybridized carbons (Fsp3) is 0.556. The van der Waals surface area contributed by atoms with Crippen molar-refractivity contribution in [1.82, 2.24) is 5.32 Å². The predicted molar refractivity (Wildman–Crippen MR) is 84.9 cm³/mol. The number of hydrogen-bond donors (Lipinski definition) is 1. The summed E-state index contributed by atoms with van der Waals surface area (Å²) in [6, 6.07) is 8.91. The van der Waals surface area contributed by atoms with Crippen LogP contribution in [0.2, 0.25) is 0 Å². The molecule has 1 aromatic rings. The van der Waals surface area contributed by atoms with Gasteiger partial charge in [-0.3, -0.25) is 0 Å². The Morgan fingerprint density at radius 2 is 1.90 bits per heavy atom. The van der Waals surface area contributed by atoms with Crippen LogP contribution in [0.5, 0.6) is 5.75 Å². The molecule has 110 valence electrons. The maximum Gasteiger partial charge on any atom is 0.124 e. The quantitative estimate of drug-likeness (QED) is 0.786. The first-order valence-electron chi connectivity index (χ1n) is 7.74. The highest BCUT2D eigenvalue weighted by Crippen LogP contribution is 2.29. The van der Waals surface area contributed by atoms with E-state index in [2.05, 4.69) is 37.9 Å². The van der Waals surface area contributed by atoms with E-state index in [4.69, 9.17) is 4.74 Å². The highest BCUT2D eigenvalue weighted by molar-refractivity contribution is 5.33. The molecular weight excluding hydrogens is 246 g/mol. The zero-order valence-corrected chi connectivity index (χ0v) is 12.8. The van der Waals surface area contributed by atoms with Gasteiger partial charge in [0, 0.05) is 18.2 Å². The fourth-order valence-electron chi connectivity index (χ4n) is 3.31. The Labute approximate surface area is 123 Å². The molecule has 2 unspecified atom stereocenters. The van der Waals surface area contributed by atoms with Crippen molar-refractivity contribution in [2.24, 2.45) is 11.8 Å². The van der Waals surface area contributed by atoms with Crippen molar-refractivity contribution in [2.45, 2.75) is 45.7 Å². The molecule has 1 aliphatic rings. The smallest absolute Gasteiger partial charge is 0.124 e. The SMILES string of the molecule is C=CCOc1ccccc1CNC1CC(C)CC(C)C1. The summed E-state index contributed by atoms with van der Waals surface area (Å²) in [7, 11) is 0. The van der Waals surface area contributed by atoms with Crippen LogP contribution in [0, 0.1) is 11.8 Å². The number of hydrogen-bond acceptors (Lipinski definition) is 2. The second kappa shape index (κ2) is 7.49. The molecule has 2 nitrogen and oxygen atoms in total. The van der Waals surface area contributed by atoms with Gasteiger partial charge in [0.1, 0.15) is 12.4 Å². The molecule has 1 fully saturated rings. The number of rotatable bonds is 6. The van der Waals surface area contributed by atoms with Crippen molar-refractivity contribution in [1.29, 1.82) is 0 Å². The average molecular weight is 273 g/mol. The van der Waals surface area contributed by atoms with Crippen LogP contribution in [0.3, 0.4) is 0 Å². The third-order valence-corrected chi connectivity index (χ3v) is 4.09. The second-order valence-corrected chi connectivity index (χ2v) is 6.20. The van der Waals surface area contributed by atoms with Gasteiger partial charge >= 0.3 is 0 Å². The molecular formula is C18H27NO. The van der Waals surface area contributed by atoms with Crippen molar-refractivity contribution >= 4 is 0 Å². The Hall–Kier alpha value is -1.28. The molecule has 2 atom stereocenters. The van der Waals surface area contributed by atoms with E-state index in [0.29, 0.717) is 12.6 Å². The van der Waals surface area contributed by atoms with Gasteiger partial charge in [0.05, 0.1) is 0 Å². The van der Waals surface area contributed by atoms with Crippen LogP contribution >= 0.6 is 0 Å². The van der Waals surface area contributed by atoms with E-state index in [9.17, 15) is 0 Å². The topological polar surface area (TPSA) is 21.3 Å². The molecule has 0 spiro atoms. The third kappa shape index (κ3) is 4.38. The van der Waals surface area contributed by atoms with Crippen molar-refractivity contribution in [3.8, 4) is 5.75 Å². The molecule has 20 heavy (non-hydrogen) atoms. The van der Waals surface area contributed by atoms with Crippen LogP contribution in [-0.2, 0) is 6.54 Å². The number of ether oxygens (including phenoxy) is 1. The van der Waals surface area contributed by atoms with Gasteiger partial charge in [0.25, 0.3) is 0 Å². The van der Waals surface area contributed by atoms with Gasteiger partial charge < -0.3 is 10.1 Å². The summed E-state index contributed by atoms with van der Waals surface area (Å²) in [5.74, 6) is 2.64. The largest absolute Gasteiger partial charge is 0.489 e. The van der Waals surface area contributed by atoms with Crippen LogP contribution in [0.15, 0.2) is 36.9 Å². The Morgan fingerprint density at radius 3 is 2.60 bits per heavy atom. The second-order valence-electron chi connectivity index (χ2n) is 6.20. The zero-order valence-electron chi connectivity index (χ0n) is 12.8. The van der Waals surface area contributed by atoms with E-state index < -0.39 is 0 Å². The normalized spacial score (nSPS) is 26.2. The number of benzene rings is 1. The molecule has 1 N–H and O–H groups in total. The minimum absolute atomic E-state index is 0.564. The summed E-state index contributed by atoms with van der Waals surface area (Å²) in [6.45, 7) is 9.88. The van der Waals surface area contributed by atoms with Crippen molar-refractivity contribution < 1.29 is 4.74 Å². The zero-order chi connectivity index (χ0) is 14.4. The van der Waals surface area contributed by atoms with Gasteiger partial charge in [-0.05, 0) is 37.2 Å².